The van der Waals surface area contributed by atoms with Crippen molar-refractivity contribution in [3.8, 4) is 0 Å². The molecule has 1 aromatic carbocycles. The molecular formula is C14H15Cl2NS. The van der Waals surface area contributed by atoms with E-state index in [1.54, 1.807) is 6.07 Å². The molecule has 0 aliphatic heterocycles. The summed E-state index contributed by atoms with van der Waals surface area (Å²) >= 11 is 13.9. The largest absolute Gasteiger partial charge is 0.377 e. The van der Waals surface area contributed by atoms with Crippen molar-refractivity contribution in [1.82, 2.24) is 0 Å². The molecule has 1 aromatic heterocycles. The van der Waals surface area contributed by atoms with Crippen molar-refractivity contribution in [2.45, 2.75) is 26.3 Å². The van der Waals surface area contributed by atoms with E-state index in [-0.39, 0.29) is 6.04 Å². The minimum Gasteiger partial charge on any atom is -0.377 e. The van der Waals surface area contributed by atoms with Crippen LogP contribution in [0.15, 0.2) is 30.3 Å². The number of nitrogens with one attached hydrogen (secondary N) is 1. The van der Waals surface area contributed by atoms with Gasteiger partial charge in [0, 0.05) is 14.8 Å². The molecule has 1 atom stereocenters. The Kier molecular flexibility index (Phi) is 4.55. The minimum atomic E-state index is 0.244. The average Bonchev–Trinajstić information content (AvgIpc) is 2.81. The van der Waals surface area contributed by atoms with Gasteiger partial charge >= 0.3 is 0 Å². The zero-order chi connectivity index (χ0) is 13.1. The Bertz CT molecular complexity index is 536. The van der Waals surface area contributed by atoms with Gasteiger partial charge in [0.25, 0.3) is 0 Å². The highest BCUT2D eigenvalue weighted by Crippen LogP contribution is 2.31. The van der Waals surface area contributed by atoms with E-state index in [4.69, 9.17) is 23.2 Å². The van der Waals surface area contributed by atoms with Crippen molar-refractivity contribution in [2.75, 3.05) is 5.32 Å². The summed E-state index contributed by atoms with van der Waals surface area (Å²) in [7, 11) is 0. The molecule has 0 aliphatic carbocycles. The number of rotatable bonds is 4. The van der Waals surface area contributed by atoms with Gasteiger partial charge in [-0.05, 0) is 43.7 Å². The molecular weight excluding hydrogens is 285 g/mol. The quantitative estimate of drug-likeness (QED) is 0.753. The standard InChI is InChI=1S/C14H15Cl2NS/c1-3-11-5-7-14(18-11)9(2)17-13-6-4-10(15)8-12(13)16/h4-9,17H,3H2,1-2H3. The van der Waals surface area contributed by atoms with Gasteiger partial charge in [0.05, 0.1) is 16.8 Å². The number of hydrogen-bond donors (Lipinski definition) is 1. The number of halogens is 2. The smallest absolute Gasteiger partial charge is 0.0652 e. The van der Waals surface area contributed by atoms with Crippen LogP contribution in [0.4, 0.5) is 5.69 Å². The van der Waals surface area contributed by atoms with E-state index in [0.29, 0.717) is 10.0 Å². The third-order valence-corrected chi connectivity index (χ3v) is 4.72. The average molecular weight is 300 g/mol. The summed E-state index contributed by atoms with van der Waals surface area (Å²) in [5, 5.41) is 4.72. The number of anilines is 1. The number of benzene rings is 1. The van der Waals surface area contributed by atoms with E-state index in [0.717, 1.165) is 12.1 Å². The first kappa shape index (κ1) is 13.7. The van der Waals surface area contributed by atoms with Gasteiger partial charge in [-0.15, -0.1) is 11.3 Å². The van der Waals surface area contributed by atoms with Gasteiger partial charge in [-0.25, -0.2) is 0 Å². The van der Waals surface area contributed by atoms with Crippen LogP contribution in [0.2, 0.25) is 10.0 Å². The molecule has 2 aromatic rings. The van der Waals surface area contributed by atoms with Crippen molar-refractivity contribution in [1.29, 1.82) is 0 Å². The molecule has 1 unspecified atom stereocenters. The van der Waals surface area contributed by atoms with Gasteiger partial charge in [0.15, 0.2) is 0 Å². The van der Waals surface area contributed by atoms with Crippen molar-refractivity contribution < 1.29 is 0 Å². The highest BCUT2D eigenvalue weighted by molar-refractivity contribution is 7.12. The number of thiophene rings is 1. The van der Waals surface area contributed by atoms with Gasteiger partial charge in [-0.2, -0.15) is 0 Å². The maximum Gasteiger partial charge on any atom is 0.0652 e. The predicted molar refractivity (Wildman–Crippen MR) is 82.2 cm³/mol. The Morgan fingerprint density at radius 3 is 2.61 bits per heavy atom. The molecule has 0 saturated carbocycles. The van der Waals surface area contributed by atoms with Crippen LogP contribution in [0, 0.1) is 0 Å². The summed E-state index contributed by atoms with van der Waals surface area (Å²) in [6.45, 7) is 4.31. The molecule has 2 rings (SSSR count). The van der Waals surface area contributed by atoms with E-state index in [1.165, 1.54) is 9.75 Å². The fourth-order valence-electron chi connectivity index (χ4n) is 1.73. The zero-order valence-electron chi connectivity index (χ0n) is 10.3. The maximum absolute atomic E-state index is 6.15. The maximum atomic E-state index is 6.15. The summed E-state index contributed by atoms with van der Waals surface area (Å²) in [4.78, 5) is 2.72. The second-order valence-corrected chi connectivity index (χ2v) is 6.19. The molecule has 4 heteroatoms. The zero-order valence-corrected chi connectivity index (χ0v) is 12.7. The van der Waals surface area contributed by atoms with E-state index in [1.807, 2.05) is 23.5 Å². The van der Waals surface area contributed by atoms with Gasteiger partial charge in [-0.3, -0.25) is 0 Å². The number of aryl methyl sites for hydroxylation is 1. The fourth-order valence-corrected chi connectivity index (χ4v) is 3.15. The molecule has 0 amide bonds. The Hall–Kier alpha value is -0.700. The third kappa shape index (κ3) is 3.19. The van der Waals surface area contributed by atoms with Crippen LogP contribution in [-0.4, -0.2) is 0 Å². The lowest BCUT2D eigenvalue weighted by Gasteiger charge is -2.15. The molecule has 0 bridgehead atoms. The summed E-state index contributed by atoms with van der Waals surface area (Å²) in [6.07, 6.45) is 1.08. The minimum absolute atomic E-state index is 0.244. The molecule has 0 aliphatic rings. The molecule has 1 N–H and O–H groups in total. The second-order valence-electron chi connectivity index (χ2n) is 4.15. The van der Waals surface area contributed by atoms with Crippen LogP contribution in [0.25, 0.3) is 0 Å². The second kappa shape index (κ2) is 5.96. The van der Waals surface area contributed by atoms with E-state index in [9.17, 15) is 0 Å². The molecule has 1 nitrogen and oxygen atoms in total. The van der Waals surface area contributed by atoms with E-state index >= 15 is 0 Å². The van der Waals surface area contributed by atoms with Gasteiger partial charge < -0.3 is 5.32 Å². The lowest BCUT2D eigenvalue weighted by molar-refractivity contribution is 0.908. The summed E-state index contributed by atoms with van der Waals surface area (Å²) in [6, 6.07) is 10.1. The monoisotopic (exact) mass is 299 g/mol. The SMILES string of the molecule is CCc1ccc(C(C)Nc2ccc(Cl)cc2Cl)s1. The van der Waals surface area contributed by atoms with Crippen molar-refractivity contribution in [2.24, 2.45) is 0 Å². The van der Waals surface area contributed by atoms with E-state index in [2.05, 4.69) is 31.3 Å². The first-order chi connectivity index (χ1) is 8.60. The van der Waals surface area contributed by atoms with Crippen molar-refractivity contribution >= 4 is 40.2 Å². The Morgan fingerprint density at radius 1 is 1.22 bits per heavy atom. The predicted octanol–water partition coefficient (Wildman–Crippen LogP) is 5.79. The van der Waals surface area contributed by atoms with Gasteiger partial charge in [0.1, 0.15) is 0 Å². The molecule has 0 spiro atoms. The Labute approximate surface area is 122 Å². The topological polar surface area (TPSA) is 12.0 Å². The van der Waals surface area contributed by atoms with Gasteiger partial charge in [-0.1, -0.05) is 30.1 Å². The van der Waals surface area contributed by atoms with Crippen LogP contribution >= 0.6 is 34.5 Å². The normalized spacial score (nSPS) is 12.4. The van der Waals surface area contributed by atoms with Crippen LogP contribution in [0.5, 0.6) is 0 Å². The molecule has 0 saturated heterocycles. The third-order valence-electron chi connectivity index (χ3n) is 2.76. The molecule has 96 valence electrons. The Balaban J connectivity index is 2.13. The molecule has 18 heavy (non-hydrogen) atoms. The summed E-state index contributed by atoms with van der Waals surface area (Å²) < 4.78 is 0. The van der Waals surface area contributed by atoms with Crippen LogP contribution < -0.4 is 5.32 Å². The highest BCUT2D eigenvalue weighted by Gasteiger charge is 2.10. The van der Waals surface area contributed by atoms with Crippen molar-refractivity contribution in [3.05, 3.63) is 50.1 Å². The molecule has 1 heterocycles. The first-order valence-corrected chi connectivity index (χ1v) is 7.47. The van der Waals surface area contributed by atoms with Crippen molar-refractivity contribution in [3.63, 3.8) is 0 Å². The van der Waals surface area contributed by atoms with Crippen LogP contribution in [-0.2, 0) is 6.42 Å². The summed E-state index contributed by atoms with van der Waals surface area (Å²) in [5.74, 6) is 0. The lowest BCUT2D eigenvalue weighted by Crippen LogP contribution is -2.05. The number of hydrogen-bond acceptors (Lipinski definition) is 2. The molecule has 0 fully saturated rings. The van der Waals surface area contributed by atoms with Gasteiger partial charge in [0.2, 0.25) is 0 Å². The summed E-state index contributed by atoms with van der Waals surface area (Å²) in [5.41, 5.74) is 0.917. The van der Waals surface area contributed by atoms with E-state index < -0.39 is 0 Å². The molecule has 0 radical (unpaired) electrons. The first-order valence-electron chi connectivity index (χ1n) is 5.90. The fraction of sp³-hybridized carbons (Fsp3) is 0.286. The Morgan fingerprint density at radius 2 is 2.00 bits per heavy atom. The van der Waals surface area contributed by atoms with Crippen LogP contribution in [0.1, 0.15) is 29.6 Å². The highest BCUT2D eigenvalue weighted by atomic mass is 35.5. The lowest BCUT2D eigenvalue weighted by atomic mass is 10.2. The van der Waals surface area contributed by atoms with Crippen LogP contribution in [0.3, 0.4) is 0 Å².